The van der Waals surface area contributed by atoms with Gasteiger partial charge in [0.05, 0.1) is 24.3 Å². The molecule has 142 valence electrons. The van der Waals surface area contributed by atoms with E-state index < -0.39 is 0 Å². The van der Waals surface area contributed by atoms with Crippen molar-refractivity contribution >= 4 is 17.3 Å². The van der Waals surface area contributed by atoms with Gasteiger partial charge in [-0.2, -0.15) is 0 Å². The van der Waals surface area contributed by atoms with Gasteiger partial charge in [0.15, 0.2) is 5.96 Å². The van der Waals surface area contributed by atoms with Crippen LogP contribution in [0.25, 0.3) is 0 Å². The predicted molar refractivity (Wildman–Crippen MR) is 110 cm³/mol. The summed E-state index contributed by atoms with van der Waals surface area (Å²) in [5.74, 6) is 0.841. The van der Waals surface area contributed by atoms with Gasteiger partial charge in [0.25, 0.3) is 0 Å². The molecular weight excluding hydrogens is 344 g/mol. The second-order valence-electron chi connectivity index (χ2n) is 6.41. The minimum atomic E-state index is 0.251. The van der Waals surface area contributed by atoms with Crippen molar-refractivity contribution in [2.24, 2.45) is 4.99 Å². The molecule has 6 heteroatoms. The minimum absolute atomic E-state index is 0.251. The molecule has 0 radical (unpaired) electrons. The second kappa shape index (κ2) is 10.9. The van der Waals surface area contributed by atoms with E-state index >= 15 is 0 Å². The van der Waals surface area contributed by atoms with Crippen LogP contribution in [-0.2, 0) is 24.3 Å². The fraction of sp³-hybridized carbons (Fsp3) is 0.500. The van der Waals surface area contributed by atoms with Crippen LogP contribution >= 0.6 is 11.3 Å². The zero-order valence-electron chi connectivity index (χ0n) is 16.2. The molecule has 1 heterocycles. The normalized spacial score (nSPS) is 11.8. The van der Waals surface area contributed by atoms with Crippen molar-refractivity contribution in [2.45, 2.75) is 53.4 Å². The third-order valence-corrected chi connectivity index (χ3v) is 4.64. The third kappa shape index (κ3) is 7.54. The average molecular weight is 375 g/mol. The lowest BCUT2D eigenvalue weighted by Gasteiger charge is -2.11. The first-order valence-corrected chi connectivity index (χ1v) is 10.0. The van der Waals surface area contributed by atoms with E-state index in [0.717, 1.165) is 30.5 Å². The first kappa shape index (κ1) is 20.4. The van der Waals surface area contributed by atoms with Gasteiger partial charge in [-0.05, 0) is 38.8 Å². The van der Waals surface area contributed by atoms with Gasteiger partial charge in [-0.15, -0.1) is 11.3 Å². The largest absolute Gasteiger partial charge is 0.374 e. The Kier molecular flexibility index (Phi) is 8.58. The summed E-state index contributed by atoms with van der Waals surface area (Å²) in [4.78, 5) is 10.3. The second-order valence-corrected chi connectivity index (χ2v) is 7.73. The Morgan fingerprint density at radius 1 is 1.19 bits per heavy atom. The van der Waals surface area contributed by atoms with Gasteiger partial charge in [0.1, 0.15) is 0 Å². The van der Waals surface area contributed by atoms with Crippen LogP contribution in [-0.4, -0.2) is 30.1 Å². The summed E-state index contributed by atoms with van der Waals surface area (Å²) >= 11 is 1.75. The molecule has 2 rings (SSSR count). The summed E-state index contributed by atoms with van der Waals surface area (Å²) in [7, 11) is 0. The number of aryl methyl sites for hydroxylation is 1. The number of rotatable bonds is 9. The number of aliphatic imine (C=N–C) groups is 1. The van der Waals surface area contributed by atoms with E-state index in [9.17, 15) is 0 Å². The Bertz CT molecular complexity index is 679. The number of benzene rings is 1. The fourth-order valence-electron chi connectivity index (χ4n) is 2.32. The minimum Gasteiger partial charge on any atom is -0.374 e. The number of guanidine groups is 1. The maximum atomic E-state index is 5.63. The van der Waals surface area contributed by atoms with E-state index in [0.29, 0.717) is 13.2 Å². The van der Waals surface area contributed by atoms with Crippen molar-refractivity contribution in [2.75, 3.05) is 13.1 Å². The molecule has 0 saturated heterocycles. The molecule has 1 aromatic carbocycles. The van der Waals surface area contributed by atoms with Gasteiger partial charge in [-0.25, -0.2) is 9.98 Å². The molecule has 2 N–H and O–H groups in total. The smallest absolute Gasteiger partial charge is 0.191 e. The maximum Gasteiger partial charge on any atom is 0.191 e. The number of nitrogens with one attached hydrogen (secondary N) is 2. The molecule has 0 aliphatic heterocycles. The van der Waals surface area contributed by atoms with E-state index in [4.69, 9.17) is 4.74 Å². The molecule has 0 fully saturated rings. The molecule has 0 unspecified atom stereocenters. The summed E-state index contributed by atoms with van der Waals surface area (Å²) in [6.07, 6.45) is 3.09. The van der Waals surface area contributed by atoms with Gasteiger partial charge < -0.3 is 15.4 Å². The van der Waals surface area contributed by atoms with Gasteiger partial charge >= 0.3 is 0 Å². The number of ether oxygens (including phenoxy) is 1. The monoisotopic (exact) mass is 374 g/mol. The van der Waals surface area contributed by atoms with Crippen molar-refractivity contribution in [3.05, 3.63) is 51.5 Å². The highest BCUT2D eigenvalue weighted by molar-refractivity contribution is 7.11. The maximum absolute atomic E-state index is 5.63. The van der Waals surface area contributed by atoms with Crippen molar-refractivity contribution in [1.82, 2.24) is 15.6 Å². The van der Waals surface area contributed by atoms with E-state index in [-0.39, 0.29) is 6.10 Å². The van der Waals surface area contributed by atoms with Crippen molar-refractivity contribution in [1.29, 1.82) is 0 Å². The van der Waals surface area contributed by atoms with Crippen LogP contribution < -0.4 is 10.6 Å². The highest BCUT2D eigenvalue weighted by Crippen LogP contribution is 2.11. The van der Waals surface area contributed by atoms with Gasteiger partial charge in [0, 0.05) is 30.6 Å². The summed E-state index contributed by atoms with van der Waals surface area (Å²) in [5, 5.41) is 7.83. The average Bonchev–Trinajstić information content (AvgIpc) is 3.04. The lowest BCUT2D eigenvalue weighted by molar-refractivity contribution is 0.0657. The zero-order valence-corrected chi connectivity index (χ0v) is 17.0. The van der Waals surface area contributed by atoms with Crippen LogP contribution in [0.5, 0.6) is 0 Å². The molecule has 0 spiro atoms. The lowest BCUT2D eigenvalue weighted by Crippen LogP contribution is -2.38. The van der Waals surface area contributed by atoms with Crippen LogP contribution in [0.4, 0.5) is 0 Å². The van der Waals surface area contributed by atoms with E-state index in [1.165, 1.54) is 16.0 Å². The molecule has 0 amide bonds. The lowest BCUT2D eigenvalue weighted by atomic mass is 10.1. The van der Waals surface area contributed by atoms with Crippen molar-refractivity contribution in [3.63, 3.8) is 0 Å². The first-order chi connectivity index (χ1) is 12.6. The Balaban J connectivity index is 1.83. The first-order valence-electron chi connectivity index (χ1n) is 9.19. The summed E-state index contributed by atoms with van der Waals surface area (Å²) in [6, 6.07) is 8.45. The van der Waals surface area contributed by atoms with Gasteiger partial charge in [-0.1, -0.05) is 24.3 Å². The number of hydrogen-bond acceptors (Lipinski definition) is 4. The molecule has 0 bridgehead atoms. The Morgan fingerprint density at radius 2 is 1.92 bits per heavy atom. The number of nitrogens with zero attached hydrogens (tertiary/aromatic N) is 2. The number of hydrogen-bond donors (Lipinski definition) is 2. The van der Waals surface area contributed by atoms with E-state index in [1.54, 1.807) is 11.3 Å². The summed E-state index contributed by atoms with van der Waals surface area (Å²) < 4.78 is 5.63. The van der Waals surface area contributed by atoms with Crippen molar-refractivity contribution < 1.29 is 4.74 Å². The Labute approximate surface area is 160 Å². The molecule has 1 aromatic heterocycles. The van der Waals surface area contributed by atoms with Crippen LogP contribution in [0.15, 0.2) is 35.5 Å². The molecule has 26 heavy (non-hydrogen) atoms. The quantitative estimate of drug-likeness (QED) is 0.519. The molecule has 0 aliphatic carbocycles. The van der Waals surface area contributed by atoms with E-state index in [1.807, 2.05) is 20.0 Å². The SMILES string of the molecule is CCNC(=NCc1ccc(COC(C)C)cc1)NCCc1ncc(C)s1. The molecule has 5 nitrogen and oxygen atoms in total. The number of thiazole rings is 1. The Hall–Kier alpha value is -1.92. The standard InChI is InChI=1S/C20H30N4OS/c1-5-21-20(22-11-10-19-23-12-16(4)26-19)24-13-17-6-8-18(9-7-17)14-25-15(2)3/h6-9,12,15H,5,10-11,13-14H2,1-4H3,(H2,21,22,24). The highest BCUT2D eigenvalue weighted by Gasteiger charge is 2.02. The van der Waals surface area contributed by atoms with Crippen LogP contribution in [0, 0.1) is 6.92 Å². The zero-order chi connectivity index (χ0) is 18.8. The van der Waals surface area contributed by atoms with E-state index in [2.05, 4.69) is 58.7 Å². The molecular formula is C20H30N4OS. The van der Waals surface area contributed by atoms with Crippen molar-refractivity contribution in [3.8, 4) is 0 Å². The predicted octanol–water partition coefficient (Wildman–Crippen LogP) is 3.67. The molecule has 0 atom stereocenters. The fourth-order valence-corrected chi connectivity index (χ4v) is 3.11. The highest BCUT2D eigenvalue weighted by atomic mass is 32.1. The third-order valence-electron chi connectivity index (χ3n) is 3.67. The molecule has 2 aromatic rings. The molecule has 0 saturated carbocycles. The van der Waals surface area contributed by atoms with Crippen LogP contribution in [0.3, 0.4) is 0 Å². The van der Waals surface area contributed by atoms with Gasteiger partial charge in [-0.3, -0.25) is 0 Å². The summed E-state index contributed by atoms with van der Waals surface area (Å²) in [5.41, 5.74) is 2.38. The number of aromatic nitrogens is 1. The van der Waals surface area contributed by atoms with Gasteiger partial charge in [0.2, 0.25) is 0 Å². The molecule has 0 aliphatic rings. The topological polar surface area (TPSA) is 58.5 Å². The van der Waals surface area contributed by atoms with Crippen LogP contribution in [0.1, 0.15) is 41.8 Å². The Morgan fingerprint density at radius 3 is 2.54 bits per heavy atom. The van der Waals surface area contributed by atoms with Crippen LogP contribution in [0.2, 0.25) is 0 Å². The summed E-state index contributed by atoms with van der Waals surface area (Å²) in [6.45, 7) is 11.2.